The molecule has 0 aromatic carbocycles. The SMILES string of the molecule is NN1[C@@H]2CC[C@H]1COC2. The largest absolute Gasteiger partial charge is 0.378 e. The molecule has 2 saturated heterocycles. The van der Waals surface area contributed by atoms with Crippen LogP contribution < -0.4 is 5.84 Å². The summed E-state index contributed by atoms with van der Waals surface area (Å²) in [4.78, 5) is 0. The van der Waals surface area contributed by atoms with E-state index in [1.807, 2.05) is 5.01 Å². The standard InChI is InChI=1S/C6H12N2O/c7-8-5-1-2-6(8)4-9-3-5/h5-6H,1-4,7H2/t5-,6+. The second-order valence-electron chi connectivity index (χ2n) is 2.87. The third kappa shape index (κ3) is 0.764. The van der Waals surface area contributed by atoms with Crippen LogP contribution in [0, 0.1) is 0 Å². The maximum atomic E-state index is 5.74. The van der Waals surface area contributed by atoms with Gasteiger partial charge < -0.3 is 4.74 Å². The number of nitrogens with zero attached hydrogens (tertiary/aromatic N) is 1. The number of fused-ring (bicyclic) bond motifs is 2. The summed E-state index contributed by atoms with van der Waals surface area (Å²) in [7, 11) is 0. The van der Waals surface area contributed by atoms with Crippen molar-refractivity contribution in [3.8, 4) is 0 Å². The van der Waals surface area contributed by atoms with E-state index in [9.17, 15) is 0 Å². The molecule has 0 spiro atoms. The van der Waals surface area contributed by atoms with Gasteiger partial charge in [-0.2, -0.15) is 0 Å². The molecule has 2 heterocycles. The highest BCUT2D eigenvalue weighted by atomic mass is 16.5. The van der Waals surface area contributed by atoms with Crippen LogP contribution in [0.15, 0.2) is 0 Å². The molecule has 0 aromatic heterocycles. The van der Waals surface area contributed by atoms with E-state index in [1.54, 1.807) is 0 Å². The minimum atomic E-state index is 0.517. The van der Waals surface area contributed by atoms with Crippen molar-refractivity contribution in [3.05, 3.63) is 0 Å². The van der Waals surface area contributed by atoms with Gasteiger partial charge in [0.25, 0.3) is 0 Å². The van der Waals surface area contributed by atoms with Crippen LogP contribution in [0.4, 0.5) is 0 Å². The molecule has 0 amide bonds. The molecule has 52 valence electrons. The Morgan fingerprint density at radius 3 is 2.22 bits per heavy atom. The van der Waals surface area contributed by atoms with Gasteiger partial charge in [-0.05, 0) is 12.8 Å². The zero-order chi connectivity index (χ0) is 6.27. The van der Waals surface area contributed by atoms with Gasteiger partial charge in [0.05, 0.1) is 13.2 Å². The Labute approximate surface area is 54.7 Å². The molecule has 9 heavy (non-hydrogen) atoms. The van der Waals surface area contributed by atoms with Crippen LogP contribution in [0.1, 0.15) is 12.8 Å². The van der Waals surface area contributed by atoms with Crippen LogP contribution >= 0.6 is 0 Å². The third-order valence-corrected chi connectivity index (χ3v) is 2.30. The number of morpholine rings is 1. The molecular weight excluding hydrogens is 116 g/mol. The highest BCUT2D eigenvalue weighted by Crippen LogP contribution is 2.24. The molecule has 2 bridgehead atoms. The Morgan fingerprint density at radius 2 is 1.78 bits per heavy atom. The lowest BCUT2D eigenvalue weighted by Crippen LogP contribution is -2.49. The van der Waals surface area contributed by atoms with Crippen molar-refractivity contribution in [1.82, 2.24) is 5.01 Å². The molecule has 2 rings (SSSR count). The molecule has 3 nitrogen and oxygen atoms in total. The average molecular weight is 128 g/mol. The maximum absolute atomic E-state index is 5.74. The summed E-state index contributed by atoms with van der Waals surface area (Å²) in [6.07, 6.45) is 2.45. The molecule has 0 aliphatic carbocycles. The lowest BCUT2D eigenvalue weighted by molar-refractivity contribution is -0.0149. The van der Waals surface area contributed by atoms with E-state index in [2.05, 4.69) is 0 Å². The minimum absolute atomic E-state index is 0.517. The summed E-state index contributed by atoms with van der Waals surface area (Å²) < 4.78 is 5.31. The first-order chi connectivity index (χ1) is 4.38. The Kier molecular flexibility index (Phi) is 1.22. The van der Waals surface area contributed by atoms with E-state index in [1.165, 1.54) is 12.8 Å². The monoisotopic (exact) mass is 128 g/mol. The first-order valence-electron chi connectivity index (χ1n) is 3.48. The first-order valence-corrected chi connectivity index (χ1v) is 3.48. The Bertz CT molecular complexity index is 102. The van der Waals surface area contributed by atoms with Crippen LogP contribution in [-0.2, 0) is 4.74 Å². The summed E-state index contributed by atoms with van der Waals surface area (Å²) in [5.74, 6) is 5.74. The van der Waals surface area contributed by atoms with Gasteiger partial charge in [-0.25, -0.2) is 5.01 Å². The van der Waals surface area contributed by atoms with Gasteiger partial charge in [-0.3, -0.25) is 5.84 Å². The smallest absolute Gasteiger partial charge is 0.0636 e. The molecular formula is C6H12N2O. The minimum Gasteiger partial charge on any atom is -0.378 e. The van der Waals surface area contributed by atoms with Crippen molar-refractivity contribution < 1.29 is 4.74 Å². The molecule has 2 aliphatic heterocycles. The van der Waals surface area contributed by atoms with E-state index < -0.39 is 0 Å². The molecule has 2 aliphatic rings. The summed E-state index contributed by atoms with van der Waals surface area (Å²) in [6, 6.07) is 1.03. The summed E-state index contributed by atoms with van der Waals surface area (Å²) in [5, 5.41) is 1.96. The van der Waals surface area contributed by atoms with E-state index in [4.69, 9.17) is 10.6 Å². The fourth-order valence-electron chi connectivity index (χ4n) is 1.66. The van der Waals surface area contributed by atoms with E-state index in [0.717, 1.165) is 13.2 Å². The number of hydrogen-bond acceptors (Lipinski definition) is 3. The van der Waals surface area contributed by atoms with E-state index >= 15 is 0 Å². The predicted molar refractivity (Wildman–Crippen MR) is 33.7 cm³/mol. The highest BCUT2D eigenvalue weighted by Gasteiger charge is 2.34. The van der Waals surface area contributed by atoms with Gasteiger partial charge in [0.1, 0.15) is 0 Å². The number of ether oxygens (including phenoxy) is 1. The van der Waals surface area contributed by atoms with Gasteiger partial charge in [0.15, 0.2) is 0 Å². The summed E-state index contributed by atoms with van der Waals surface area (Å²) in [5.41, 5.74) is 0. The number of hydrazine groups is 1. The molecule has 0 unspecified atom stereocenters. The third-order valence-electron chi connectivity index (χ3n) is 2.30. The highest BCUT2D eigenvalue weighted by molar-refractivity contribution is 4.86. The Morgan fingerprint density at radius 1 is 1.22 bits per heavy atom. The van der Waals surface area contributed by atoms with Crippen LogP contribution in [0.3, 0.4) is 0 Å². The number of hydrogen-bond donors (Lipinski definition) is 1. The Balaban J connectivity index is 2.10. The molecule has 0 saturated carbocycles. The molecule has 2 N–H and O–H groups in total. The van der Waals surface area contributed by atoms with Gasteiger partial charge in [0.2, 0.25) is 0 Å². The second-order valence-corrected chi connectivity index (χ2v) is 2.87. The molecule has 3 heteroatoms. The average Bonchev–Trinajstić information content (AvgIpc) is 2.19. The van der Waals surface area contributed by atoms with Gasteiger partial charge in [-0.1, -0.05) is 0 Å². The van der Waals surface area contributed by atoms with Crippen molar-refractivity contribution >= 4 is 0 Å². The zero-order valence-electron chi connectivity index (χ0n) is 5.42. The second kappa shape index (κ2) is 1.94. The maximum Gasteiger partial charge on any atom is 0.0636 e. The molecule has 0 radical (unpaired) electrons. The van der Waals surface area contributed by atoms with Gasteiger partial charge in [-0.15, -0.1) is 0 Å². The lowest BCUT2D eigenvalue weighted by atomic mass is 10.2. The number of nitrogens with two attached hydrogens (primary N) is 1. The van der Waals surface area contributed by atoms with Crippen molar-refractivity contribution in [3.63, 3.8) is 0 Å². The van der Waals surface area contributed by atoms with Crippen LogP contribution in [0.25, 0.3) is 0 Å². The zero-order valence-corrected chi connectivity index (χ0v) is 5.42. The van der Waals surface area contributed by atoms with Gasteiger partial charge in [0, 0.05) is 12.1 Å². The lowest BCUT2D eigenvalue weighted by Gasteiger charge is -2.29. The first kappa shape index (κ1) is 5.65. The molecule has 2 fully saturated rings. The van der Waals surface area contributed by atoms with E-state index in [0.29, 0.717) is 12.1 Å². The van der Waals surface area contributed by atoms with Crippen molar-refractivity contribution in [2.45, 2.75) is 24.9 Å². The van der Waals surface area contributed by atoms with Crippen molar-refractivity contribution in [2.24, 2.45) is 5.84 Å². The van der Waals surface area contributed by atoms with E-state index in [-0.39, 0.29) is 0 Å². The van der Waals surface area contributed by atoms with Crippen molar-refractivity contribution in [1.29, 1.82) is 0 Å². The normalized spacial score (nSPS) is 43.7. The fourth-order valence-corrected chi connectivity index (χ4v) is 1.66. The van der Waals surface area contributed by atoms with Crippen LogP contribution in [0.2, 0.25) is 0 Å². The summed E-state index contributed by atoms with van der Waals surface area (Å²) >= 11 is 0. The Hall–Kier alpha value is -0.120. The van der Waals surface area contributed by atoms with Crippen molar-refractivity contribution in [2.75, 3.05) is 13.2 Å². The number of rotatable bonds is 0. The summed E-state index contributed by atoms with van der Waals surface area (Å²) in [6.45, 7) is 1.68. The van der Waals surface area contributed by atoms with Gasteiger partial charge >= 0.3 is 0 Å². The topological polar surface area (TPSA) is 38.5 Å². The fraction of sp³-hybridized carbons (Fsp3) is 1.00. The van der Waals surface area contributed by atoms with Crippen LogP contribution in [-0.4, -0.2) is 30.3 Å². The quantitative estimate of drug-likeness (QED) is 0.456. The molecule has 0 aromatic rings. The predicted octanol–water partition coefficient (Wildman–Crippen LogP) is -0.277. The van der Waals surface area contributed by atoms with Crippen LogP contribution in [0.5, 0.6) is 0 Å². The molecule has 2 atom stereocenters.